The van der Waals surface area contributed by atoms with E-state index in [1.54, 1.807) is 6.08 Å². The molecular weight excluding hydrogens is 212 g/mol. The zero-order valence-corrected chi connectivity index (χ0v) is 9.16. The van der Waals surface area contributed by atoms with Crippen LogP contribution in [0.2, 0.25) is 0 Å². The Labute approximate surface area is 98.3 Å². The van der Waals surface area contributed by atoms with Crippen molar-refractivity contribution in [3.8, 4) is 0 Å². The minimum Gasteiger partial charge on any atom is -0.355 e. The number of rotatable bonds is 0. The fourth-order valence-corrected chi connectivity index (χ4v) is 2.78. The third-order valence-electron chi connectivity index (χ3n) is 3.54. The maximum absolute atomic E-state index is 11.8. The molecule has 0 bridgehead atoms. The molecule has 3 nitrogen and oxygen atoms in total. The molecule has 0 fully saturated rings. The quantitative estimate of drug-likeness (QED) is 0.718. The second-order valence-corrected chi connectivity index (χ2v) is 4.49. The Morgan fingerprint density at radius 1 is 1.29 bits per heavy atom. The van der Waals surface area contributed by atoms with Crippen LogP contribution in [0, 0.1) is 0 Å². The summed E-state index contributed by atoms with van der Waals surface area (Å²) in [6.07, 6.45) is 11.2. The molecule has 3 heteroatoms. The highest BCUT2D eigenvalue weighted by molar-refractivity contribution is 6.10. The van der Waals surface area contributed by atoms with E-state index >= 15 is 0 Å². The lowest BCUT2D eigenvalue weighted by atomic mass is 9.88. The van der Waals surface area contributed by atoms with Crippen molar-refractivity contribution in [1.29, 1.82) is 0 Å². The smallest absolute Gasteiger partial charge is 0.201 e. The number of carbonyl (C=O) groups is 1. The van der Waals surface area contributed by atoms with Crippen LogP contribution >= 0.6 is 0 Å². The molecule has 0 radical (unpaired) electrons. The van der Waals surface area contributed by atoms with Crippen LogP contribution in [-0.2, 0) is 12.8 Å². The van der Waals surface area contributed by atoms with Gasteiger partial charge in [-0.3, -0.25) is 9.79 Å². The predicted molar refractivity (Wildman–Crippen MR) is 66.2 cm³/mol. The van der Waals surface area contributed by atoms with Gasteiger partial charge in [-0.15, -0.1) is 0 Å². The van der Waals surface area contributed by atoms with Gasteiger partial charge in [-0.05, 0) is 23.6 Å². The summed E-state index contributed by atoms with van der Waals surface area (Å²) < 4.78 is 0. The Balaban J connectivity index is 1.99. The van der Waals surface area contributed by atoms with E-state index in [1.165, 1.54) is 11.1 Å². The lowest BCUT2D eigenvalue weighted by Crippen LogP contribution is -2.05. The Kier molecular flexibility index (Phi) is 1.55. The monoisotopic (exact) mass is 222 g/mol. The van der Waals surface area contributed by atoms with Crippen molar-refractivity contribution in [2.24, 2.45) is 4.99 Å². The second kappa shape index (κ2) is 2.94. The number of nitrogens with zero attached hydrogens (tertiary/aromatic N) is 1. The first-order chi connectivity index (χ1) is 8.34. The van der Waals surface area contributed by atoms with Gasteiger partial charge in [0.25, 0.3) is 0 Å². The van der Waals surface area contributed by atoms with Gasteiger partial charge in [0, 0.05) is 35.7 Å². The molecule has 0 saturated heterocycles. The molecule has 17 heavy (non-hydrogen) atoms. The average Bonchev–Trinajstić information content (AvgIpc) is 2.91. The SMILES string of the molecule is O=C1C=CCc2c1[nH]c1c2C2=CN=CC2=CC1. The van der Waals surface area contributed by atoms with Crippen molar-refractivity contribution in [2.75, 3.05) is 0 Å². The number of aromatic nitrogens is 1. The number of hydrogen-bond acceptors (Lipinski definition) is 2. The van der Waals surface area contributed by atoms with E-state index in [2.05, 4.69) is 16.1 Å². The van der Waals surface area contributed by atoms with Crippen LogP contribution in [0.1, 0.15) is 27.3 Å². The standard InChI is InChI=1S/C14H10N2O/c17-12-3-1-2-9-13-10-7-15-6-8(10)4-5-11(13)16-14(9)12/h1,3-4,6-7,16H,2,5H2. The summed E-state index contributed by atoms with van der Waals surface area (Å²) in [6, 6.07) is 0. The van der Waals surface area contributed by atoms with E-state index in [9.17, 15) is 4.79 Å². The topological polar surface area (TPSA) is 45.2 Å². The summed E-state index contributed by atoms with van der Waals surface area (Å²) >= 11 is 0. The number of aromatic amines is 1. The van der Waals surface area contributed by atoms with E-state index in [1.807, 2.05) is 18.5 Å². The number of hydrogen-bond donors (Lipinski definition) is 1. The normalized spacial score (nSPS) is 19.6. The van der Waals surface area contributed by atoms with E-state index < -0.39 is 0 Å². The highest BCUT2D eigenvalue weighted by Crippen LogP contribution is 2.38. The van der Waals surface area contributed by atoms with Crippen molar-refractivity contribution in [2.45, 2.75) is 12.8 Å². The molecule has 0 saturated carbocycles. The Hall–Kier alpha value is -2.16. The van der Waals surface area contributed by atoms with Crippen molar-refractivity contribution < 1.29 is 4.79 Å². The average molecular weight is 222 g/mol. The van der Waals surface area contributed by atoms with Crippen molar-refractivity contribution >= 4 is 17.6 Å². The molecule has 1 aromatic rings. The summed E-state index contributed by atoms with van der Waals surface area (Å²) in [7, 11) is 0. The zero-order chi connectivity index (χ0) is 11.4. The maximum Gasteiger partial charge on any atom is 0.201 e. The van der Waals surface area contributed by atoms with Gasteiger partial charge < -0.3 is 4.98 Å². The molecule has 0 unspecified atom stereocenters. The Morgan fingerprint density at radius 3 is 3.18 bits per heavy atom. The van der Waals surface area contributed by atoms with Crippen LogP contribution in [-0.4, -0.2) is 17.0 Å². The van der Waals surface area contributed by atoms with Gasteiger partial charge in [-0.2, -0.15) is 0 Å². The fraction of sp³-hybridized carbons (Fsp3) is 0.143. The molecule has 1 aromatic heterocycles. The summed E-state index contributed by atoms with van der Waals surface area (Å²) in [6.45, 7) is 0. The van der Waals surface area contributed by atoms with Crippen molar-refractivity contribution in [3.63, 3.8) is 0 Å². The van der Waals surface area contributed by atoms with E-state index in [-0.39, 0.29) is 5.78 Å². The molecule has 2 aliphatic carbocycles. The highest BCUT2D eigenvalue weighted by atomic mass is 16.1. The molecule has 1 aliphatic heterocycles. The van der Waals surface area contributed by atoms with E-state index in [0.29, 0.717) is 0 Å². The van der Waals surface area contributed by atoms with Gasteiger partial charge in [0.15, 0.2) is 0 Å². The molecule has 0 atom stereocenters. The summed E-state index contributed by atoms with van der Waals surface area (Å²) in [5.41, 5.74) is 6.59. The van der Waals surface area contributed by atoms with Crippen LogP contribution in [0.4, 0.5) is 0 Å². The largest absolute Gasteiger partial charge is 0.355 e. The van der Waals surface area contributed by atoms with Gasteiger partial charge in [-0.25, -0.2) is 0 Å². The summed E-state index contributed by atoms with van der Waals surface area (Å²) in [5, 5.41) is 0. The lowest BCUT2D eigenvalue weighted by molar-refractivity contribution is 0.104. The highest BCUT2D eigenvalue weighted by Gasteiger charge is 2.28. The number of ketones is 1. The first-order valence-electron chi connectivity index (χ1n) is 5.73. The summed E-state index contributed by atoms with van der Waals surface area (Å²) in [4.78, 5) is 19.3. The number of nitrogens with one attached hydrogen (secondary N) is 1. The molecule has 1 N–H and O–H groups in total. The van der Waals surface area contributed by atoms with Gasteiger partial charge >= 0.3 is 0 Å². The minimum absolute atomic E-state index is 0.0849. The molecule has 82 valence electrons. The lowest BCUT2D eigenvalue weighted by Gasteiger charge is -2.13. The zero-order valence-electron chi connectivity index (χ0n) is 9.16. The molecular formula is C14H10N2O. The third-order valence-corrected chi connectivity index (χ3v) is 3.54. The Morgan fingerprint density at radius 2 is 2.24 bits per heavy atom. The van der Waals surface area contributed by atoms with Gasteiger partial charge in [0.05, 0.1) is 5.69 Å². The van der Waals surface area contributed by atoms with Crippen LogP contribution in [0.15, 0.2) is 35.0 Å². The molecule has 0 spiro atoms. The maximum atomic E-state index is 11.8. The molecule has 3 aliphatic rings. The number of fused-ring (bicyclic) bond motifs is 5. The third kappa shape index (κ3) is 1.06. The number of aliphatic imine (C=N–C) groups is 1. The van der Waals surface area contributed by atoms with Crippen LogP contribution in [0.25, 0.3) is 5.57 Å². The van der Waals surface area contributed by atoms with Gasteiger partial charge in [-0.1, -0.05) is 12.2 Å². The van der Waals surface area contributed by atoms with Gasteiger partial charge in [0.2, 0.25) is 5.78 Å². The molecule has 2 heterocycles. The van der Waals surface area contributed by atoms with Crippen LogP contribution < -0.4 is 0 Å². The van der Waals surface area contributed by atoms with Crippen molar-refractivity contribution in [3.05, 3.63) is 52.5 Å². The first-order valence-corrected chi connectivity index (χ1v) is 5.73. The second-order valence-electron chi connectivity index (χ2n) is 4.49. The van der Waals surface area contributed by atoms with E-state index in [4.69, 9.17) is 0 Å². The van der Waals surface area contributed by atoms with Crippen molar-refractivity contribution in [1.82, 2.24) is 4.98 Å². The number of carbonyl (C=O) groups excluding carboxylic acids is 1. The van der Waals surface area contributed by atoms with Crippen LogP contribution in [0.3, 0.4) is 0 Å². The minimum atomic E-state index is 0.0849. The molecule has 4 rings (SSSR count). The number of allylic oxidation sites excluding steroid dienone is 5. The molecule has 0 amide bonds. The fourth-order valence-electron chi connectivity index (χ4n) is 2.78. The predicted octanol–water partition coefficient (Wildman–Crippen LogP) is 2.22. The number of H-pyrrole nitrogens is 1. The molecule has 0 aromatic carbocycles. The van der Waals surface area contributed by atoms with Gasteiger partial charge in [0.1, 0.15) is 0 Å². The first kappa shape index (κ1) is 8.93. The van der Waals surface area contributed by atoms with E-state index in [0.717, 1.165) is 35.4 Å². The summed E-state index contributed by atoms with van der Waals surface area (Å²) in [5.74, 6) is 0.0849. The Bertz CT molecular complexity index is 669. The van der Waals surface area contributed by atoms with Crippen LogP contribution in [0.5, 0.6) is 0 Å².